The van der Waals surface area contributed by atoms with E-state index in [1.54, 1.807) is 4.57 Å². The molecule has 1 N–H and O–H groups in total. The van der Waals surface area contributed by atoms with Gasteiger partial charge in [0.1, 0.15) is 5.82 Å². The first kappa shape index (κ1) is 15.8. The summed E-state index contributed by atoms with van der Waals surface area (Å²) in [6.07, 6.45) is 3.96. The largest absolute Gasteiger partial charge is 0.347 e. The summed E-state index contributed by atoms with van der Waals surface area (Å²) in [4.78, 5) is 19.1. The van der Waals surface area contributed by atoms with Crippen molar-refractivity contribution in [3.8, 4) is 5.69 Å². The van der Waals surface area contributed by atoms with E-state index in [9.17, 15) is 4.79 Å². The Kier molecular flexibility index (Phi) is 4.43. The number of aromatic amines is 1. The van der Waals surface area contributed by atoms with E-state index in [1.165, 1.54) is 0 Å². The van der Waals surface area contributed by atoms with E-state index >= 15 is 0 Å². The monoisotopic (exact) mass is 335 g/mol. The highest BCUT2D eigenvalue weighted by Gasteiger charge is 2.26. The molecule has 0 saturated carbocycles. The van der Waals surface area contributed by atoms with Crippen LogP contribution in [0, 0.1) is 0 Å². The molecule has 6 nitrogen and oxygen atoms in total. The lowest BCUT2D eigenvalue weighted by atomic mass is 9.97. The van der Waals surface area contributed by atoms with Crippen LogP contribution >= 0.6 is 0 Å². The van der Waals surface area contributed by atoms with Crippen molar-refractivity contribution < 1.29 is 0 Å². The van der Waals surface area contributed by atoms with Gasteiger partial charge in [-0.2, -0.15) is 5.10 Å². The molecule has 0 bridgehead atoms. The Labute approximate surface area is 146 Å². The lowest BCUT2D eigenvalue weighted by Crippen LogP contribution is -2.35. The van der Waals surface area contributed by atoms with Crippen LogP contribution in [0.2, 0.25) is 0 Å². The van der Waals surface area contributed by atoms with Crippen LogP contribution in [0.4, 0.5) is 0 Å². The Hall–Kier alpha value is -2.73. The lowest BCUT2D eigenvalue weighted by Gasteiger charge is -2.32. The van der Waals surface area contributed by atoms with Crippen LogP contribution in [0.15, 0.2) is 59.5 Å². The van der Waals surface area contributed by atoms with E-state index in [-0.39, 0.29) is 11.6 Å². The minimum Gasteiger partial charge on any atom is -0.297 e. The maximum Gasteiger partial charge on any atom is 0.347 e. The minimum absolute atomic E-state index is 0.178. The van der Waals surface area contributed by atoms with Crippen molar-refractivity contribution in [1.82, 2.24) is 24.6 Å². The van der Waals surface area contributed by atoms with Crippen molar-refractivity contribution >= 4 is 0 Å². The lowest BCUT2D eigenvalue weighted by molar-refractivity contribution is 0.193. The summed E-state index contributed by atoms with van der Waals surface area (Å²) in [6, 6.07) is 15.7. The number of pyridine rings is 1. The predicted octanol–water partition coefficient (Wildman–Crippen LogP) is 2.34. The number of hydrogen-bond acceptors (Lipinski definition) is 4. The molecule has 0 aliphatic carbocycles. The summed E-state index contributed by atoms with van der Waals surface area (Å²) in [5.74, 6) is 1.05. The molecule has 25 heavy (non-hydrogen) atoms. The molecular weight excluding hydrogens is 314 g/mol. The van der Waals surface area contributed by atoms with E-state index in [0.717, 1.165) is 49.7 Å². The number of piperidine rings is 1. The molecule has 1 fully saturated rings. The topological polar surface area (TPSA) is 66.8 Å². The van der Waals surface area contributed by atoms with E-state index in [0.29, 0.717) is 0 Å². The van der Waals surface area contributed by atoms with Gasteiger partial charge in [-0.1, -0.05) is 24.3 Å². The maximum absolute atomic E-state index is 12.3. The van der Waals surface area contributed by atoms with Gasteiger partial charge in [0.2, 0.25) is 0 Å². The van der Waals surface area contributed by atoms with E-state index < -0.39 is 0 Å². The average molecular weight is 335 g/mol. The molecule has 0 radical (unpaired) electrons. The molecule has 128 valence electrons. The normalized spacial score (nSPS) is 18.3. The van der Waals surface area contributed by atoms with Gasteiger partial charge in [0.15, 0.2) is 0 Å². The zero-order chi connectivity index (χ0) is 17.1. The van der Waals surface area contributed by atoms with Crippen LogP contribution < -0.4 is 5.69 Å². The van der Waals surface area contributed by atoms with Gasteiger partial charge in [0.05, 0.1) is 11.4 Å². The van der Waals surface area contributed by atoms with Crippen LogP contribution in [0.1, 0.15) is 30.3 Å². The fourth-order valence-electron chi connectivity index (χ4n) is 3.54. The molecule has 3 heterocycles. The predicted molar refractivity (Wildman–Crippen MR) is 95.7 cm³/mol. The summed E-state index contributed by atoms with van der Waals surface area (Å²) in [5.41, 5.74) is 1.76. The number of nitrogens with zero attached hydrogens (tertiary/aromatic N) is 4. The van der Waals surface area contributed by atoms with Gasteiger partial charge in [-0.3, -0.25) is 9.88 Å². The Morgan fingerprint density at radius 1 is 1.12 bits per heavy atom. The molecule has 0 amide bonds. The fraction of sp³-hybridized carbons (Fsp3) is 0.316. The zero-order valence-corrected chi connectivity index (χ0v) is 14.0. The molecule has 2 aromatic heterocycles. The molecule has 1 aliphatic rings. The highest BCUT2D eigenvalue weighted by Crippen LogP contribution is 2.26. The number of likely N-dealkylation sites (tertiary alicyclic amines) is 1. The van der Waals surface area contributed by atoms with Crippen LogP contribution in [0.3, 0.4) is 0 Å². The fourth-order valence-corrected chi connectivity index (χ4v) is 3.54. The number of hydrogen-bond donors (Lipinski definition) is 1. The molecule has 0 unspecified atom stereocenters. The summed E-state index contributed by atoms with van der Waals surface area (Å²) in [6.45, 7) is 2.76. The van der Waals surface area contributed by atoms with Crippen molar-refractivity contribution in [2.45, 2.75) is 25.3 Å². The molecular formula is C19H21N5O. The molecule has 3 aromatic rings. The van der Waals surface area contributed by atoms with Crippen LogP contribution in [-0.2, 0) is 6.54 Å². The SMILES string of the molecule is O=c1[nH]nc([C@H]2CCCN(Cc3ccccn3)C2)n1-c1ccccc1. The molecule has 6 heteroatoms. The molecule has 1 atom stereocenters. The van der Waals surface area contributed by atoms with Gasteiger partial charge >= 0.3 is 5.69 Å². The third-order valence-electron chi connectivity index (χ3n) is 4.70. The highest BCUT2D eigenvalue weighted by atomic mass is 16.1. The first-order valence-corrected chi connectivity index (χ1v) is 8.66. The zero-order valence-electron chi connectivity index (χ0n) is 14.0. The summed E-state index contributed by atoms with van der Waals surface area (Å²) < 4.78 is 1.70. The maximum atomic E-state index is 12.3. The van der Waals surface area contributed by atoms with Gasteiger partial charge in [-0.25, -0.2) is 14.5 Å². The van der Waals surface area contributed by atoms with Crippen molar-refractivity contribution in [2.75, 3.05) is 13.1 Å². The average Bonchev–Trinajstić information content (AvgIpc) is 3.05. The number of rotatable bonds is 4. The molecule has 0 spiro atoms. The van der Waals surface area contributed by atoms with Crippen LogP contribution in [0.5, 0.6) is 0 Å². The second kappa shape index (κ2) is 7.03. The molecule has 4 rings (SSSR count). The van der Waals surface area contributed by atoms with Gasteiger partial charge < -0.3 is 0 Å². The standard InChI is InChI=1S/C19H21N5O/c25-19-22-21-18(24(19)17-9-2-1-3-10-17)15-7-6-12-23(13-15)14-16-8-4-5-11-20-16/h1-5,8-11,15H,6-7,12-14H2,(H,22,25)/t15-/m0/s1. The van der Waals surface area contributed by atoms with E-state index in [4.69, 9.17) is 0 Å². The second-order valence-electron chi connectivity index (χ2n) is 6.45. The number of aromatic nitrogens is 4. The third-order valence-corrected chi connectivity index (χ3v) is 4.70. The summed E-state index contributed by atoms with van der Waals surface area (Å²) >= 11 is 0. The molecule has 1 aromatic carbocycles. The minimum atomic E-state index is -0.178. The van der Waals surface area contributed by atoms with Crippen molar-refractivity contribution in [1.29, 1.82) is 0 Å². The quantitative estimate of drug-likeness (QED) is 0.795. The first-order valence-electron chi connectivity index (χ1n) is 8.66. The van der Waals surface area contributed by atoms with Crippen molar-refractivity contribution in [3.05, 3.63) is 76.7 Å². The van der Waals surface area contributed by atoms with E-state index in [2.05, 4.69) is 26.1 Å². The Bertz CT molecular complexity index is 872. The van der Waals surface area contributed by atoms with Crippen molar-refractivity contribution in [2.24, 2.45) is 0 Å². The van der Waals surface area contributed by atoms with Gasteiger partial charge in [0.25, 0.3) is 0 Å². The van der Waals surface area contributed by atoms with E-state index in [1.807, 2.05) is 48.7 Å². The van der Waals surface area contributed by atoms with Crippen LogP contribution in [0.25, 0.3) is 5.69 Å². The van der Waals surface area contributed by atoms with Gasteiger partial charge in [0, 0.05) is 25.2 Å². The number of para-hydroxylation sites is 1. The van der Waals surface area contributed by atoms with Crippen molar-refractivity contribution in [3.63, 3.8) is 0 Å². The Balaban J connectivity index is 1.57. The van der Waals surface area contributed by atoms with Crippen LogP contribution in [-0.4, -0.2) is 37.7 Å². The number of nitrogens with one attached hydrogen (secondary N) is 1. The Morgan fingerprint density at radius 2 is 1.96 bits per heavy atom. The smallest absolute Gasteiger partial charge is 0.297 e. The Morgan fingerprint density at radius 3 is 2.76 bits per heavy atom. The third kappa shape index (κ3) is 3.39. The summed E-state index contributed by atoms with van der Waals surface area (Å²) in [7, 11) is 0. The summed E-state index contributed by atoms with van der Waals surface area (Å²) in [5, 5.41) is 6.96. The number of benzene rings is 1. The molecule has 1 aliphatic heterocycles. The second-order valence-corrected chi connectivity index (χ2v) is 6.45. The van der Waals surface area contributed by atoms with Gasteiger partial charge in [-0.15, -0.1) is 0 Å². The first-order chi connectivity index (χ1) is 12.3. The molecule has 1 saturated heterocycles. The highest BCUT2D eigenvalue weighted by molar-refractivity contribution is 5.32. The van der Waals surface area contributed by atoms with Gasteiger partial charge in [-0.05, 0) is 43.7 Å². The number of H-pyrrole nitrogens is 1.